The average molecular weight is 261 g/mol. The molecule has 3 heteroatoms. The highest BCUT2D eigenvalue weighted by Crippen LogP contribution is 2.32. The molecule has 0 aliphatic heterocycles. The molecule has 0 spiro atoms. The lowest BCUT2D eigenvalue weighted by Crippen LogP contribution is -1.91. The third kappa shape index (κ3) is 1.53. The molecule has 3 heterocycles. The summed E-state index contributed by atoms with van der Waals surface area (Å²) >= 11 is 0. The normalized spacial score (nSPS) is 11.7. The van der Waals surface area contributed by atoms with Crippen molar-refractivity contribution in [2.75, 3.05) is 0 Å². The minimum atomic E-state index is 0.968. The van der Waals surface area contributed by atoms with E-state index in [2.05, 4.69) is 35.1 Å². The fourth-order valence-corrected chi connectivity index (χ4v) is 3.00. The van der Waals surface area contributed by atoms with Gasteiger partial charge >= 0.3 is 0 Å². The van der Waals surface area contributed by atoms with Crippen molar-refractivity contribution < 1.29 is 0 Å². The number of H-pyrrole nitrogens is 1. The van der Waals surface area contributed by atoms with E-state index in [-0.39, 0.29) is 0 Å². The number of nitrogens with one attached hydrogen (secondary N) is 1. The largest absolute Gasteiger partial charge is 0.339 e. The Bertz CT molecular complexity index is 921. The summed E-state index contributed by atoms with van der Waals surface area (Å²) in [6.07, 6.45) is 5.93. The van der Waals surface area contributed by atoms with Gasteiger partial charge in [0, 0.05) is 28.6 Å². The van der Waals surface area contributed by atoms with Crippen LogP contribution in [0, 0.1) is 0 Å². The van der Waals surface area contributed by atoms with E-state index in [1.807, 2.05) is 24.5 Å². The number of para-hydroxylation sites is 1. The molecule has 1 aromatic carbocycles. The predicted molar refractivity (Wildman–Crippen MR) is 82.9 cm³/mol. The van der Waals surface area contributed by atoms with Crippen molar-refractivity contribution in [2.24, 2.45) is 0 Å². The van der Waals surface area contributed by atoms with Gasteiger partial charge in [-0.3, -0.25) is 4.98 Å². The Kier molecular flexibility index (Phi) is 2.46. The van der Waals surface area contributed by atoms with Crippen molar-refractivity contribution in [3.8, 4) is 0 Å². The van der Waals surface area contributed by atoms with Crippen LogP contribution in [0.25, 0.3) is 32.8 Å². The first-order valence-corrected chi connectivity index (χ1v) is 7.01. The molecule has 0 aliphatic rings. The molecule has 0 atom stereocenters. The second-order valence-corrected chi connectivity index (χ2v) is 5.13. The SMILES string of the molecule is CCCc1c2ccccc2nc2[nH]c3ccncc3c12. The minimum absolute atomic E-state index is 0.968. The Labute approximate surface area is 116 Å². The van der Waals surface area contributed by atoms with Crippen LogP contribution in [0.15, 0.2) is 42.7 Å². The van der Waals surface area contributed by atoms with Crippen LogP contribution in [0.4, 0.5) is 0 Å². The number of fused-ring (bicyclic) bond motifs is 4. The van der Waals surface area contributed by atoms with Gasteiger partial charge in [-0.2, -0.15) is 0 Å². The molecule has 20 heavy (non-hydrogen) atoms. The number of pyridine rings is 2. The van der Waals surface area contributed by atoms with E-state index in [1.54, 1.807) is 0 Å². The lowest BCUT2D eigenvalue weighted by Gasteiger charge is -2.07. The number of hydrogen-bond donors (Lipinski definition) is 1. The molecule has 0 saturated heterocycles. The molecule has 1 N–H and O–H groups in total. The highest BCUT2D eigenvalue weighted by atomic mass is 14.9. The van der Waals surface area contributed by atoms with Gasteiger partial charge in [0.15, 0.2) is 0 Å². The summed E-state index contributed by atoms with van der Waals surface area (Å²) in [5.41, 5.74) is 4.51. The maximum atomic E-state index is 4.77. The van der Waals surface area contributed by atoms with Crippen LogP contribution in [0.3, 0.4) is 0 Å². The van der Waals surface area contributed by atoms with Gasteiger partial charge in [0.1, 0.15) is 5.65 Å². The van der Waals surface area contributed by atoms with Crippen LogP contribution in [-0.2, 0) is 6.42 Å². The summed E-state index contributed by atoms with van der Waals surface area (Å²) in [5, 5.41) is 3.66. The number of hydrogen-bond acceptors (Lipinski definition) is 2. The number of rotatable bonds is 2. The summed E-state index contributed by atoms with van der Waals surface area (Å²) in [6.45, 7) is 2.22. The predicted octanol–water partition coefficient (Wildman–Crippen LogP) is 4.22. The zero-order chi connectivity index (χ0) is 13.5. The number of aryl methyl sites for hydroxylation is 1. The summed E-state index contributed by atoms with van der Waals surface area (Å²) < 4.78 is 0. The molecule has 0 unspecified atom stereocenters. The maximum absolute atomic E-state index is 4.77. The third-order valence-corrected chi connectivity index (χ3v) is 3.84. The van der Waals surface area contributed by atoms with Crippen molar-refractivity contribution in [3.05, 3.63) is 48.3 Å². The van der Waals surface area contributed by atoms with Gasteiger partial charge in [0.2, 0.25) is 0 Å². The van der Waals surface area contributed by atoms with E-state index >= 15 is 0 Å². The van der Waals surface area contributed by atoms with Gasteiger partial charge in [0.05, 0.1) is 11.0 Å². The highest BCUT2D eigenvalue weighted by Gasteiger charge is 2.13. The minimum Gasteiger partial charge on any atom is -0.339 e. The lowest BCUT2D eigenvalue weighted by atomic mass is 10.00. The molecule has 0 saturated carbocycles. The first kappa shape index (κ1) is 11.4. The summed E-state index contributed by atoms with van der Waals surface area (Å²) in [4.78, 5) is 12.5. The van der Waals surface area contributed by atoms with Crippen molar-refractivity contribution in [3.63, 3.8) is 0 Å². The van der Waals surface area contributed by atoms with Gasteiger partial charge in [-0.15, -0.1) is 0 Å². The van der Waals surface area contributed by atoms with Crippen molar-refractivity contribution in [1.29, 1.82) is 0 Å². The first-order chi connectivity index (χ1) is 9.88. The van der Waals surface area contributed by atoms with E-state index in [4.69, 9.17) is 4.98 Å². The van der Waals surface area contributed by atoms with Crippen LogP contribution >= 0.6 is 0 Å². The summed E-state index contributed by atoms with van der Waals surface area (Å²) in [5.74, 6) is 0. The van der Waals surface area contributed by atoms with Crippen LogP contribution in [0.5, 0.6) is 0 Å². The Morgan fingerprint density at radius 1 is 1.10 bits per heavy atom. The second-order valence-electron chi connectivity index (χ2n) is 5.13. The third-order valence-electron chi connectivity index (χ3n) is 3.84. The molecular formula is C17H15N3. The monoisotopic (exact) mass is 261 g/mol. The van der Waals surface area contributed by atoms with Crippen molar-refractivity contribution in [2.45, 2.75) is 19.8 Å². The van der Waals surface area contributed by atoms with E-state index in [0.29, 0.717) is 0 Å². The fraction of sp³-hybridized carbons (Fsp3) is 0.176. The number of aromatic amines is 1. The second kappa shape index (κ2) is 4.30. The average Bonchev–Trinajstić information content (AvgIpc) is 2.85. The highest BCUT2D eigenvalue weighted by molar-refractivity contribution is 6.11. The maximum Gasteiger partial charge on any atom is 0.139 e. The quantitative estimate of drug-likeness (QED) is 0.587. The number of benzene rings is 1. The Morgan fingerprint density at radius 3 is 2.90 bits per heavy atom. The van der Waals surface area contributed by atoms with Crippen LogP contribution in [0.1, 0.15) is 18.9 Å². The zero-order valence-electron chi connectivity index (χ0n) is 11.4. The van der Waals surface area contributed by atoms with Crippen LogP contribution < -0.4 is 0 Å². The molecule has 4 aromatic rings. The molecule has 0 radical (unpaired) electrons. The Balaban J connectivity index is 2.26. The lowest BCUT2D eigenvalue weighted by molar-refractivity contribution is 0.936. The van der Waals surface area contributed by atoms with Crippen LogP contribution in [-0.4, -0.2) is 15.0 Å². The standard InChI is InChI=1S/C17H15N3/c1-2-5-12-11-6-3-4-7-14(11)19-17-16(12)13-10-18-9-8-15(13)20-17/h3-4,6-10H,2,5H2,1H3,(H,19,20). The number of nitrogens with zero attached hydrogens (tertiary/aromatic N) is 2. The van der Waals surface area contributed by atoms with E-state index in [9.17, 15) is 0 Å². The van der Waals surface area contributed by atoms with Gasteiger partial charge < -0.3 is 4.98 Å². The molecule has 98 valence electrons. The Hall–Kier alpha value is -2.42. The molecule has 0 aliphatic carbocycles. The smallest absolute Gasteiger partial charge is 0.139 e. The Morgan fingerprint density at radius 2 is 2.00 bits per heavy atom. The van der Waals surface area contributed by atoms with Gasteiger partial charge in [-0.25, -0.2) is 4.98 Å². The number of aromatic nitrogens is 3. The topological polar surface area (TPSA) is 41.6 Å². The molecule has 0 bridgehead atoms. The molecular weight excluding hydrogens is 246 g/mol. The van der Waals surface area contributed by atoms with E-state index in [0.717, 1.165) is 29.5 Å². The van der Waals surface area contributed by atoms with Crippen molar-refractivity contribution >= 4 is 32.8 Å². The molecule has 3 aromatic heterocycles. The van der Waals surface area contributed by atoms with E-state index in [1.165, 1.54) is 21.7 Å². The zero-order valence-corrected chi connectivity index (χ0v) is 11.4. The molecule has 3 nitrogen and oxygen atoms in total. The molecule has 0 fully saturated rings. The van der Waals surface area contributed by atoms with Gasteiger partial charge in [-0.05, 0) is 24.1 Å². The van der Waals surface area contributed by atoms with Crippen LogP contribution in [0.2, 0.25) is 0 Å². The van der Waals surface area contributed by atoms with Crippen molar-refractivity contribution in [1.82, 2.24) is 15.0 Å². The first-order valence-electron chi connectivity index (χ1n) is 7.01. The fourth-order valence-electron chi connectivity index (χ4n) is 3.00. The molecule has 0 amide bonds. The van der Waals surface area contributed by atoms with Gasteiger partial charge in [0.25, 0.3) is 0 Å². The van der Waals surface area contributed by atoms with Gasteiger partial charge in [-0.1, -0.05) is 31.5 Å². The molecule has 4 rings (SSSR count). The summed E-state index contributed by atoms with van der Waals surface area (Å²) in [7, 11) is 0. The summed E-state index contributed by atoms with van der Waals surface area (Å²) in [6, 6.07) is 10.4. The van der Waals surface area contributed by atoms with E-state index < -0.39 is 0 Å².